The van der Waals surface area contributed by atoms with Crippen molar-refractivity contribution in [3.8, 4) is 11.8 Å². The molecule has 134 valence electrons. The van der Waals surface area contributed by atoms with Crippen LogP contribution in [0.15, 0.2) is 24.3 Å². The maximum atomic E-state index is 11.5. The molecular formula is C19H23NO5. The number of carboxylic acid groups (broad SMARTS) is 1. The quantitative estimate of drug-likeness (QED) is 0.729. The van der Waals surface area contributed by atoms with Gasteiger partial charge in [-0.05, 0) is 43.9 Å². The molecule has 1 aliphatic rings. The Morgan fingerprint density at radius 3 is 2.84 bits per heavy atom. The maximum absolute atomic E-state index is 11.5. The molecule has 2 rings (SSSR count). The summed E-state index contributed by atoms with van der Waals surface area (Å²) >= 11 is 0. The fourth-order valence-electron chi connectivity index (χ4n) is 3.25. The van der Waals surface area contributed by atoms with E-state index in [-0.39, 0.29) is 6.42 Å². The molecule has 3 N–H and O–H groups in total. The number of ether oxygens (including phenoxy) is 1. The lowest BCUT2D eigenvalue weighted by Gasteiger charge is -2.41. The van der Waals surface area contributed by atoms with Crippen molar-refractivity contribution in [2.45, 2.75) is 44.2 Å². The van der Waals surface area contributed by atoms with Crippen LogP contribution < -0.4 is 5.32 Å². The van der Waals surface area contributed by atoms with Gasteiger partial charge in [-0.15, -0.1) is 0 Å². The third-order valence-corrected chi connectivity index (χ3v) is 4.50. The zero-order chi connectivity index (χ0) is 18.4. The number of rotatable bonds is 3. The number of benzene rings is 1. The molecule has 0 radical (unpaired) electrons. The molecule has 1 aromatic carbocycles. The third kappa shape index (κ3) is 4.97. The minimum Gasteiger partial charge on any atom is -0.481 e. The number of nitrogens with one attached hydrogen (secondary N) is 1. The fraction of sp³-hybridized carbons (Fsp3) is 0.474. The Kier molecular flexibility index (Phi) is 6.05. The first-order chi connectivity index (χ1) is 11.8. The Bertz CT molecular complexity index is 705. The van der Waals surface area contributed by atoms with Gasteiger partial charge < -0.3 is 20.3 Å². The summed E-state index contributed by atoms with van der Waals surface area (Å²) < 4.78 is 4.60. The largest absolute Gasteiger partial charge is 0.481 e. The maximum Gasteiger partial charge on any atom is 0.407 e. The summed E-state index contributed by atoms with van der Waals surface area (Å²) in [5.74, 6) is 4.06. The molecule has 0 aromatic heterocycles. The average Bonchev–Trinajstić information content (AvgIpc) is 2.56. The van der Waals surface area contributed by atoms with E-state index < -0.39 is 29.6 Å². The van der Waals surface area contributed by atoms with Gasteiger partial charge in [0.1, 0.15) is 5.60 Å². The first kappa shape index (κ1) is 18.8. The number of amides is 1. The van der Waals surface area contributed by atoms with Crippen molar-refractivity contribution in [2.24, 2.45) is 5.92 Å². The molecule has 0 heterocycles. The second-order valence-electron chi connectivity index (χ2n) is 6.38. The fourth-order valence-corrected chi connectivity index (χ4v) is 3.25. The SMILES string of the molecule is COC(=O)N[C@@H]1CCC[C@@](O)(C#Cc2cccc(C)c2)[C@@H]1CC(=O)O. The predicted molar refractivity (Wildman–Crippen MR) is 91.9 cm³/mol. The van der Waals surface area contributed by atoms with Gasteiger partial charge in [-0.1, -0.05) is 24.0 Å². The normalized spacial score (nSPS) is 25.4. The van der Waals surface area contributed by atoms with Gasteiger partial charge in [0.2, 0.25) is 0 Å². The molecule has 1 amide bonds. The van der Waals surface area contributed by atoms with E-state index in [1.807, 2.05) is 31.2 Å². The molecule has 6 heteroatoms. The molecule has 0 aliphatic heterocycles. The average molecular weight is 345 g/mol. The lowest BCUT2D eigenvalue weighted by molar-refractivity contribution is -0.141. The predicted octanol–water partition coefficient (Wildman–Crippen LogP) is 2.08. The highest BCUT2D eigenvalue weighted by atomic mass is 16.5. The van der Waals surface area contributed by atoms with Gasteiger partial charge in [-0.3, -0.25) is 4.79 Å². The summed E-state index contributed by atoms with van der Waals surface area (Å²) in [4.78, 5) is 22.8. The van der Waals surface area contributed by atoms with Crippen LogP contribution in [0.2, 0.25) is 0 Å². The Hall–Kier alpha value is -2.52. The highest BCUT2D eigenvalue weighted by Gasteiger charge is 2.45. The van der Waals surface area contributed by atoms with E-state index in [0.717, 1.165) is 11.1 Å². The number of aliphatic carboxylic acids is 1. The van der Waals surface area contributed by atoms with E-state index in [4.69, 9.17) is 0 Å². The molecule has 0 spiro atoms. The molecule has 1 aliphatic carbocycles. The zero-order valence-electron chi connectivity index (χ0n) is 14.4. The molecule has 0 saturated heterocycles. The Morgan fingerprint density at radius 2 is 2.20 bits per heavy atom. The molecule has 25 heavy (non-hydrogen) atoms. The smallest absolute Gasteiger partial charge is 0.407 e. The van der Waals surface area contributed by atoms with Crippen LogP contribution in [-0.2, 0) is 9.53 Å². The van der Waals surface area contributed by atoms with Gasteiger partial charge in [0.25, 0.3) is 0 Å². The lowest BCUT2D eigenvalue weighted by Crippen LogP contribution is -2.54. The van der Waals surface area contributed by atoms with Crippen molar-refractivity contribution in [3.63, 3.8) is 0 Å². The number of carbonyl (C=O) groups is 2. The van der Waals surface area contributed by atoms with E-state index in [1.54, 1.807) is 0 Å². The van der Waals surface area contributed by atoms with Crippen LogP contribution in [0.5, 0.6) is 0 Å². The number of aliphatic hydroxyl groups is 1. The summed E-state index contributed by atoms with van der Waals surface area (Å²) in [5.41, 5.74) is 0.326. The number of methoxy groups -OCH3 is 1. The van der Waals surface area contributed by atoms with Crippen LogP contribution in [-0.4, -0.2) is 41.0 Å². The number of carbonyl (C=O) groups excluding carboxylic acids is 1. The minimum atomic E-state index is -1.48. The molecular weight excluding hydrogens is 322 g/mol. The highest BCUT2D eigenvalue weighted by Crippen LogP contribution is 2.36. The molecule has 0 unspecified atom stereocenters. The van der Waals surface area contributed by atoms with Crippen LogP contribution in [0.1, 0.15) is 36.8 Å². The number of alkyl carbamates (subject to hydrolysis) is 1. The van der Waals surface area contributed by atoms with Crippen LogP contribution >= 0.6 is 0 Å². The van der Waals surface area contributed by atoms with E-state index in [2.05, 4.69) is 21.9 Å². The molecule has 3 atom stereocenters. The van der Waals surface area contributed by atoms with E-state index >= 15 is 0 Å². The van der Waals surface area contributed by atoms with Crippen LogP contribution in [0.3, 0.4) is 0 Å². The topological polar surface area (TPSA) is 95.9 Å². The van der Waals surface area contributed by atoms with Crippen molar-refractivity contribution < 1.29 is 24.5 Å². The Morgan fingerprint density at radius 1 is 1.44 bits per heavy atom. The van der Waals surface area contributed by atoms with Gasteiger partial charge in [-0.25, -0.2) is 4.79 Å². The third-order valence-electron chi connectivity index (χ3n) is 4.50. The molecule has 1 fully saturated rings. The number of hydrogen-bond acceptors (Lipinski definition) is 4. The second-order valence-corrected chi connectivity index (χ2v) is 6.38. The van der Waals surface area contributed by atoms with Gasteiger partial charge >= 0.3 is 12.1 Å². The van der Waals surface area contributed by atoms with Gasteiger partial charge in [0, 0.05) is 17.5 Å². The lowest BCUT2D eigenvalue weighted by atomic mass is 9.71. The second kappa shape index (κ2) is 8.04. The molecule has 0 bridgehead atoms. The van der Waals surface area contributed by atoms with Crippen molar-refractivity contribution in [3.05, 3.63) is 35.4 Å². The zero-order valence-corrected chi connectivity index (χ0v) is 14.4. The molecule has 1 saturated carbocycles. The van der Waals surface area contributed by atoms with Crippen molar-refractivity contribution in [1.29, 1.82) is 0 Å². The Balaban J connectivity index is 2.30. The summed E-state index contributed by atoms with van der Waals surface area (Å²) in [6, 6.07) is 7.05. The summed E-state index contributed by atoms with van der Waals surface area (Å²) in [5, 5.41) is 22.9. The summed E-state index contributed by atoms with van der Waals surface area (Å²) in [6.07, 6.45) is 0.637. The Labute approximate surface area is 147 Å². The number of carboxylic acids is 1. The van der Waals surface area contributed by atoms with Crippen LogP contribution in [0.25, 0.3) is 0 Å². The summed E-state index contributed by atoms with van der Waals surface area (Å²) in [7, 11) is 1.24. The number of hydrogen-bond donors (Lipinski definition) is 3. The van der Waals surface area contributed by atoms with Crippen LogP contribution in [0, 0.1) is 24.7 Å². The van der Waals surface area contributed by atoms with Crippen molar-refractivity contribution in [1.82, 2.24) is 5.32 Å². The van der Waals surface area contributed by atoms with Crippen LogP contribution in [0.4, 0.5) is 4.79 Å². The van der Waals surface area contributed by atoms with Crippen molar-refractivity contribution >= 4 is 12.1 Å². The monoisotopic (exact) mass is 345 g/mol. The minimum absolute atomic E-state index is 0.284. The van der Waals surface area contributed by atoms with Gasteiger partial charge in [-0.2, -0.15) is 0 Å². The van der Waals surface area contributed by atoms with Crippen molar-refractivity contribution in [2.75, 3.05) is 7.11 Å². The number of aryl methyl sites for hydroxylation is 1. The standard InChI is InChI=1S/C19H23NO5/c1-13-5-3-6-14(11-13)8-10-19(24)9-4-7-16(20-18(23)25-2)15(19)12-17(21)22/h3,5-6,11,15-16,24H,4,7,9,12H2,1-2H3,(H,20,23)(H,21,22)/t15-,16-,19-/m1/s1. The highest BCUT2D eigenvalue weighted by molar-refractivity contribution is 5.69. The van der Waals surface area contributed by atoms with Gasteiger partial charge in [0.05, 0.1) is 13.5 Å². The van der Waals surface area contributed by atoms with E-state index in [1.165, 1.54) is 7.11 Å². The molecule has 1 aromatic rings. The molecule has 6 nitrogen and oxygen atoms in total. The van der Waals surface area contributed by atoms with E-state index in [9.17, 15) is 19.8 Å². The first-order valence-corrected chi connectivity index (χ1v) is 8.22. The van der Waals surface area contributed by atoms with Gasteiger partial charge in [0.15, 0.2) is 0 Å². The van der Waals surface area contributed by atoms with E-state index in [0.29, 0.717) is 19.3 Å². The summed E-state index contributed by atoms with van der Waals surface area (Å²) in [6.45, 7) is 1.95. The first-order valence-electron chi connectivity index (χ1n) is 8.22.